The second-order valence-electron chi connectivity index (χ2n) is 7.96. The van der Waals surface area contributed by atoms with Gasteiger partial charge in [-0.05, 0) is 25.8 Å². The fourth-order valence-electron chi connectivity index (χ4n) is 4.33. The van der Waals surface area contributed by atoms with Crippen LogP contribution in [0.3, 0.4) is 0 Å². The highest BCUT2D eigenvalue weighted by molar-refractivity contribution is 5.99. The summed E-state index contributed by atoms with van der Waals surface area (Å²) in [6.07, 6.45) is 1.21. The Kier molecular flexibility index (Phi) is 5.04. The Hall–Kier alpha value is -3.27. The molecule has 0 radical (unpaired) electrons. The Morgan fingerprint density at radius 3 is 2.61 bits per heavy atom. The van der Waals surface area contributed by atoms with Crippen molar-refractivity contribution in [2.45, 2.75) is 38.0 Å². The van der Waals surface area contributed by atoms with Gasteiger partial charge in [0.1, 0.15) is 17.2 Å². The number of hydrogen-bond donors (Lipinski definition) is 3. The van der Waals surface area contributed by atoms with E-state index >= 15 is 0 Å². The van der Waals surface area contributed by atoms with Crippen LogP contribution in [0.25, 0.3) is 0 Å². The molecule has 1 aromatic carbocycles. The minimum Gasteiger partial charge on any atom is -0.503 e. The monoisotopic (exact) mass is 433 g/mol. The summed E-state index contributed by atoms with van der Waals surface area (Å²) in [6.45, 7) is 2.09. The minimum absolute atomic E-state index is 0.0179. The molecule has 4 rings (SSSR count). The molecule has 2 aromatic rings. The quantitative estimate of drug-likeness (QED) is 0.668. The first kappa shape index (κ1) is 21.0. The maximum atomic E-state index is 13.8. The normalized spacial score (nSPS) is 22.3. The van der Waals surface area contributed by atoms with E-state index in [0.29, 0.717) is 25.5 Å². The SMILES string of the molecule is CCN1C[C@]2(C[C@H](O)C2)n2cc(C(=O)NCc3ccc(F)cc3F)c(=O)c(O)c2C1=O. The topological polar surface area (TPSA) is 112 Å². The number of pyridine rings is 1. The van der Waals surface area contributed by atoms with E-state index in [2.05, 4.69) is 5.32 Å². The third-order valence-electron chi connectivity index (χ3n) is 5.98. The van der Waals surface area contributed by atoms with Gasteiger partial charge in [-0.2, -0.15) is 0 Å². The summed E-state index contributed by atoms with van der Waals surface area (Å²) in [7, 11) is 0. The molecule has 2 heterocycles. The molecule has 1 saturated carbocycles. The number of aliphatic hydroxyl groups is 1. The first-order valence-electron chi connectivity index (χ1n) is 9.85. The van der Waals surface area contributed by atoms with Crippen molar-refractivity contribution in [1.82, 2.24) is 14.8 Å². The number of carbonyl (C=O) groups is 2. The van der Waals surface area contributed by atoms with Crippen molar-refractivity contribution >= 4 is 11.8 Å². The van der Waals surface area contributed by atoms with E-state index in [1.54, 1.807) is 6.92 Å². The third kappa shape index (κ3) is 3.36. The molecular weight excluding hydrogens is 412 g/mol. The summed E-state index contributed by atoms with van der Waals surface area (Å²) in [4.78, 5) is 39.6. The van der Waals surface area contributed by atoms with Gasteiger partial charge in [0.15, 0.2) is 11.4 Å². The van der Waals surface area contributed by atoms with Gasteiger partial charge < -0.3 is 25.0 Å². The Labute approximate surface area is 175 Å². The number of nitrogens with zero attached hydrogens (tertiary/aromatic N) is 2. The van der Waals surface area contributed by atoms with Crippen LogP contribution in [0, 0.1) is 11.6 Å². The fraction of sp³-hybridized carbons (Fsp3) is 0.381. The van der Waals surface area contributed by atoms with E-state index < -0.39 is 51.8 Å². The van der Waals surface area contributed by atoms with Crippen LogP contribution >= 0.6 is 0 Å². The number of carbonyl (C=O) groups excluding carboxylic acids is 2. The van der Waals surface area contributed by atoms with Crippen molar-refractivity contribution in [3.63, 3.8) is 0 Å². The van der Waals surface area contributed by atoms with Gasteiger partial charge in [-0.15, -0.1) is 0 Å². The number of aromatic hydroxyl groups is 1. The second kappa shape index (κ2) is 7.45. The Balaban J connectivity index is 1.70. The van der Waals surface area contributed by atoms with Crippen molar-refractivity contribution in [3.8, 4) is 5.75 Å². The minimum atomic E-state index is -1.02. The number of rotatable bonds is 4. The lowest BCUT2D eigenvalue weighted by Gasteiger charge is -2.53. The zero-order valence-corrected chi connectivity index (χ0v) is 16.7. The van der Waals surface area contributed by atoms with Gasteiger partial charge in [-0.3, -0.25) is 14.4 Å². The molecule has 1 fully saturated rings. The summed E-state index contributed by atoms with van der Waals surface area (Å²) in [6, 6.07) is 2.89. The van der Waals surface area contributed by atoms with E-state index in [1.807, 2.05) is 0 Å². The van der Waals surface area contributed by atoms with Crippen LogP contribution < -0.4 is 10.7 Å². The highest BCUT2D eigenvalue weighted by Gasteiger charge is 2.52. The van der Waals surface area contributed by atoms with Crippen molar-refractivity contribution in [3.05, 3.63) is 63.1 Å². The number of aromatic nitrogens is 1. The average molecular weight is 433 g/mol. The van der Waals surface area contributed by atoms with E-state index in [1.165, 1.54) is 21.7 Å². The van der Waals surface area contributed by atoms with Gasteiger partial charge in [-0.25, -0.2) is 8.78 Å². The number of hydrogen-bond acceptors (Lipinski definition) is 5. The second-order valence-corrected chi connectivity index (χ2v) is 7.96. The predicted molar refractivity (Wildman–Crippen MR) is 105 cm³/mol. The summed E-state index contributed by atoms with van der Waals surface area (Å²) in [5, 5.41) is 22.8. The lowest BCUT2D eigenvalue weighted by atomic mass is 9.72. The van der Waals surface area contributed by atoms with Gasteiger partial charge >= 0.3 is 0 Å². The maximum absolute atomic E-state index is 13.8. The summed E-state index contributed by atoms with van der Waals surface area (Å²) >= 11 is 0. The Morgan fingerprint density at radius 1 is 1.29 bits per heavy atom. The molecule has 0 unspecified atom stereocenters. The lowest BCUT2D eigenvalue weighted by Crippen LogP contribution is -2.61. The standard InChI is InChI=1S/C21H21F2N3O5/c1-2-25-10-21(6-13(27)7-21)26-9-14(17(28)18(29)16(26)20(25)31)19(30)24-8-11-3-4-12(22)5-15(11)23/h3-5,9,13,27,29H,2,6-8,10H2,1H3,(H,24,30)/t13-,21+. The molecule has 0 atom stereocenters. The van der Waals surface area contributed by atoms with E-state index in [0.717, 1.165) is 6.07 Å². The smallest absolute Gasteiger partial charge is 0.274 e. The number of nitrogens with one attached hydrogen (secondary N) is 1. The molecule has 3 N–H and O–H groups in total. The maximum Gasteiger partial charge on any atom is 0.274 e. The van der Waals surface area contributed by atoms with Gasteiger partial charge in [0.25, 0.3) is 11.8 Å². The first-order valence-corrected chi connectivity index (χ1v) is 9.85. The van der Waals surface area contributed by atoms with Crippen LogP contribution in [0.2, 0.25) is 0 Å². The molecule has 0 bridgehead atoms. The Morgan fingerprint density at radius 2 is 2.00 bits per heavy atom. The van der Waals surface area contributed by atoms with Crippen LogP contribution in [0.5, 0.6) is 5.75 Å². The van der Waals surface area contributed by atoms with Crippen molar-refractivity contribution in [2.24, 2.45) is 0 Å². The number of amides is 2. The number of benzene rings is 1. The van der Waals surface area contributed by atoms with Crippen molar-refractivity contribution < 1.29 is 28.6 Å². The van der Waals surface area contributed by atoms with Gasteiger partial charge in [0.2, 0.25) is 5.43 Å². The van der Waals surface area contributed by atoms with E-state index in [-0.39, 0.29) is 24.3 Å². The largest absolute Gasteiger partial charge is 0.503 e. The number of likely N-dealkylation sites (N-methyl/N-ethyl adjacent to an activating group) is 1. The summed E-state index contributed by atoms with van der Waals surface area (Å²) in [5.74, 6) is -3.86. The summed E-state index contributed by atoms with van der Waals surface area (Å²) in [5.41, 5.74) is -2.37. The molecule has 2 aliphatic rings. The number of fused-ring (bicyclic) bond motifs is 2. The molecule has 164 valence electrons. The highest BCUT2D eigenvalue weighted by atomic mass is 19.1. The van der Waals surface area contributed by atoms with Crippen LogP contribution in [0.4, 0.5) is 8.78 Å². The summed E-state index contributed by atoms with van der Waals surface area (Å²) < 4.78 is 28.3. The number of halogens is 2. The predicted octanol–water partition coefficient (Wildman–Crippen LogP) is 1.09. The van der Waals surface area contributed by atoms with Crippen molar-refractivity contribution in [1.29, 1.82) is 0 Å². The molecule has 1 aliphatic carbocycles. The molecule has 0 saturated heterocycles. The fourth-order valence-corrected chi connectivity index (χ4v) is 4.33. The van der Waals surface area contributed by atoms with Gasteiger partial charge in [-0.1, -0.05) is 6.07 Å². The van der Waals surface area contributed by atoms with Crippen LogP contribution in [-0.4, -0.2) is 50.7 Å². The molecule has 2 amide bonds. The van der Waals surface area contributed by atoms with Gasteiger partial charge in [0, 0.05) is 37.5 Å². The zero-order valence-electron chi connectivity index (χ0n) is 16.7. The highest BCUT2D eigenvalue weighted by Crippen LogP contribution is 2.44. The van der Waals surface area contributed by atoms with Gasteiger partial charge in [0.05, 0.1) is 11.6 Å². The molecule has 1 aliphatic heterocycles. The van der Waals surface area contributed by atoms with Crippen LogP contribution in [-0.2, 0) is 12.1 Å². The molecule has 1 aromatic heterocycles. The van der Waals surface area contributed by atoms with E-state index in [9.17, 15) is 33.4 Å². The lowest BCUT2D eigenvalue weighted by molar-refractivity contribution is -0.0481. The molecule has 10 heteroatoms. The zero-order chi connectivity index (χ0) is 22.5. The van der Waals surface area contributed by atoms with Crippen molar-refractivity contribution in [2.75, 3.05) is 13.1 Å². The first-order chi connectivity index (χ1) is 14.7. The third-order valence-corrected chi connectivity index (χ3v) is 5.98. The number of aliphatic hydroxyl groups excluding tert-OH is 1. The molecule has 31 heavy (non-hydrogen) atoms. The molecule has 8 nitrogen and oxygen atoms in total. The Bertz CT molecular complexity index is 1140. The molecular formula is C21H21F2N3O5. The molecule has 1 spiro atoms. The van der Waals surface area contributed by atoms with E-state index in [4.69, 9.17) is 0 Å². The van der Waals surface area contributed by atoms with Crippen LogP contribution in [0.15, 0.2) is 29.2 Å². The van der Waals surface area contributed by atoms with Crippen LogP contribution in [0.1, 0.15) is 46.2 Å². The average Bonchev–Trinajstić information content (AvgIpc) is 2.70.